The highest BCUT2D eigenvalue weighted by Crippen LogP contribution is 2.34. The zero-order valence-corrected chi connectivity index (χ0v) is 20.0. The minimum absolute atomic E-state index is 0. The molecule has 2 rings (SSSR count). The fourth-order valence-electron chi connectivity index (χ4n) is 2.98. The second kappa shape index (κ2) is 10.8. The zero-order valence-electron chi connectivity index (χ0n) is 16.1. The molecular weight excluding hydrogens is 509 g/mol. The number of nitrogens with zero attached hydrogens (tertiary/aromatic N) is 1. The fourth-order valence-corrected chi connectivity index (χ4v) is 3.24. The zero-order chi connectivity index (χ0) is 18.3. The summed E-state index contributed by atoms with van der Waals surface area (Å²) in [5.41, 5.74) is 1.17. The normalized spacial score (nSPS) is 17.3. The molecule has 1 aliphatic heterocycles. The van der Waals surface area contributed by atoms with E-state index in [0.29, 0.717) is 6.54 Å². The smallest absolute Gasteiger partial charge is 0.191 e. The third-order valence-electron chi connectivity index (χ3n) is 4.96. The van der Waals surface area contributed by atoms with Crippen molar-refractivity contribution < 1.29 is 9.47 Å². The van der Waals surface area contributed by atoms with E-state index >= 15 is 0 Å². The fraction of sp³-hybridized carbons (Fsp3) is 0.632. The van der Waals surface area contributed by atoms with Crippen molar-refractivity contribution in [3.8, 4) is 0 Å². The molecule has 0 saturated carbocycles. The lowest BCUT2D eigenvalue weighted by Crippen LogP contribution is -2.50. The van der Waals surface area contributed by atoms with E-state index < -0.39 is 0 Å². The van der Waals surface area contributed by atoms with Gasteiger partial charge >= 0.3 is 0 Å². The number of rotatable bonds is 6. The van der Waals surface area contributed by atoms with Crippen LogP contribution in [0.1, 0.15) is 32.3 Å². The van der Waals surface area contributed by atoms with Crippen molar-refractivity contribution in [1.82, 2.24) is 10.6 Å². The Kier molecular flexibility index (Phi) is 9.85. The van der Waals surface area contributed by atoms with Crippen LogP contribution in [0.3, 0.4) is 0 Å². The van der Waals surface area contributed by atoms with Crippen molar-refractivity contribution in [1.29, 1.82) is 0 Å². The number of ether oxygens (including phenoxy) is 2. The maximum atomic E-state index is 5.61. The number of guanidine groups is 1. The maximum absolute atomic E-state index is 5.61. The van der Waals surface area contributed by atoms with Gasteiger partial charge in [-0.05, 0) is 44.4 Å². The Morgan fingerprint density at radius 3 is 2.38 bits per heavy atom. The van der Waals surface area contributed by atoms with E-state index in [-0.39, 0.29) is 35.0 Å². The second-order valence-corrected chi connectivity index (χ2v) is 8.06. The first-order valence-corrected chi connectivity index (χ1v) is 9.54. The Labute approximate surface area is 182 Å². The summed E-state index contributed by atoms with van der Waals surface area (Å²) in [4.78, 5) is 4.35. The molecule has 1 heterocycles. The van der Waals surface area contributed by atoms with E-state index in [9.17, 15) is 0 Å². The van der Waals surface area contributed by atoms with Crippen molar-refractivity contribution in [3.05, 3.63) is 34.3 Å². The number of aliphatic imine (C=N–C) groups is 1. The highest BCUT2D eigenvalue weighted by molar-refractivity contribution is 14.0. The van der Waals surface area contributed by atoms with E-state index in [1.165, 1.54) is 5.56 Å². The average Bonchev–Trinajstić information content (AvgIpc) is 2.63. The molecule has 0 spiro atoms. The maximum Gasteiger partial charge on any atom is 0.191 e. The third-order valence-corrected chi connectivity index (χ3v) is 5.49. The van der Waals surface area contributed by atoms with Crippen LogP contribution in [0.25, 0.3) is 0 Å². The molecule has 0 radical (unpaired) electrons. The Morgan fingerprint density at radius 1 is 1.23 bits per heavy atom. The van der Waals surface area contributed by atoms with Gasteiger partial charge in [0.25, 0.3) is 0 Å². The van der Waals surface area contributed by atoms with Crippen LogP contribution in [0.15, 0.2) is 33.7 Å². The van der Waals surface area contributed by atoms with E-state index in [0.717, 1.165) is 43.0 Å². The summed E-state index contributed by atoms with van der Waals surface area (Å²) < 4.78 is 12.2. The molecule has 0 bridgehead atoms. The number of hydrogen-bond donors (Lipinski definition) is 2. The Hall–Kier alpha value is -0.380. The van der Waals surface area contributed by atoms with Gasteiger partial charge in [-0.25, -0.2) is 0 Å². The number of nitrogens with one attached hydrogen (secondary N) is 2. The molecule has 26 heavy (non-hydrogen) atoms. The van der Waals surface area contributed by atoms with Crippen molar-refractivity contribution in [2.75, 3.05) is 40.5 Å². The van der Waals surface area contributed by atoms with Crippen molar-refractivity contribution in [2.45, 2.75) is 37.7 Å². The number of halogens is 2. The van der Waals surface area contributed by atoms with Crippen LogP contribution in [0.4, 0.5) is 0 Å². The van der Waals surface area contributed by atoms with Gasteiger partial charge in [-0.2, -0.15) is 0 Å². The SMILES string of the molecule is CN=C(NCC(C)(C)OC)NCC1(c2ccc(Br)cc2)CCOCC1.I. The number of benzene rings is 1. The van der Waals surface area contributed by atoms with Gasteiger partial charge in [-0.1, -0.05) is 28.1 Å². The molecule has 0 aromatic heterocycles. The first-order chi connectivity index (χ1) is 11.9. The van der Waals surface area contributed by atoms with Crippen LogP contribution in [0.2, 0.25) is 0 Å². The molecule has 1 aromatic rings. The predicted molar refractivity (Wildman–Crippen MR) is 122 cm³/mol. The summed E-state index contributed by atoms with van der Waals surface area (Å²) in [6.07, 6.45) is 2.00. The Bertz CT molecular complexity index is 573. The summed E-state index contributed by atoms with van der Waals surface area (Å²) in [5.74, 6) is 0.799. The predicted octanol–water partition coefficient (Wildman–Crippen LogP) is 3.71. The topological polar surface area (TPSA) is 54.9 Å². The molecule has 148 valence electrons. The Balaban J connectivity index is 0.00000338. The van der Waals surface area contributed by atoms with E-state index in [1.54, 1.807) is 14.2 Å². The Morgan fingerprint density at radius 2 is 1.85 bits per heavy atom. The van der Waals surface area contributed by atoms with Crippen LogP contribution in [0, 0.1) is 0 Å². The van der Waals surface area contributed by atoms with Gasteiger partial charge in [0.05, 0.1) is 5.60 Å². The van der Waals surface area contributed by atoms with Crippen molar-refractivity contribution in [2.24, 2.45) is 4.99 Å². The summed E-state index contributed by atoms with van der Waals surface area (Å²) in [6, 6.07) is 8.64. The third kappa shape index (κ3) is 6.65. The van der Waals surface area contributed by atoms with Crippen LogP contribution >= 0.6 is 39.9 Å². The molecule has 1 fully saturated rings. The van der Waals surface area contributed by atoms with E-state index in [4.69, 9.17) is 9.47 Å². The number of hydrogen-bond acceptors (Lipinski definition) is 3. The molecule has 1 aliphatic rings. The summed E-state index contributed by atoms with van der Waals surface area (Å²) in [5, 5.41) is 6.86. The van der Waals surface area contributed by atoms with Crippen LogP contribution in [0.5, 0.6) is 0 Å². The molecule has 2 N–H and O–H groups in total. The van der Waals surface area contributed by atoms with Gasteiger partial charge in [-0.15, -0.1) is 24.0 Å². The van der Waals surface area contributed by atoms with Crippen LogP contribution in [-0.4, -0.2) is 52.0 Å². The van der Waals surface area contributed by atoms with Gasteiger partial charge in [0.15, 0.2) is 5.96 Å². The van der Waals surface area contributed by atoms with Crippen molar-refractivity contribution >= 4 is 45.9 Å². The van der Waals surface area contributed by atoms with Gasteiger partial charge in [0.2, 0.25) is 0 Å². The van der Waals surface area contributed by atoms with Crippen LogP contribution < -0.4 is 10.6 Å². The van der Waals surface area contributed by atoms with Gasteiger partial charge < -0.3 is 20.1 Å². The van der Waals surface area contributed by atoms with Gasteiger partial charge in [0.1, 0.15) is 0 Å². The largest absolute Gasteiger partial charge is 0.381 e. The summed E-state index contributed by atoms with van der Waals surface area (Å²) in [7, 11) is 3.52. The molecular formula is C19H31BrIN3O2. The summed E-state index contributed by atoms with van der Waals surface area (Å²) >= 11 is 3.53. The lowest BCUT2D eigenvalue weighted by atomic mass is 9.74. The lowest BCUT2D eigenvalue weighted by molar-refractivity contribution is 0.0267. The molecule has 0 amide bonds. The van der Waals surface area contributed by atoms with Crippen LogP contribution in [-0.2, 0) is 14.9 Å². The average molecular weight is 540 g/mol. The highest BCUT2D eigenvalue weighted by atomic mass is 127. The number of methoxy groups -OCH3 is 1. The standard InChI is InChI=1S/C19H30BrN3O2.HI/c1-18(2,24-4)13-22-17(21-3)23-14-19(9-11-25-12-10-19)15-5-7-16(20)8-6-15;/h5-8H,9-14H2,1-4H3,(H2,21,22,23);1H. The highest BCUT2D eigenvalue weighted by Gasteiger charge is 2.34. The molecule has 7 heteroatoms. The lowest BCUT2D eigenvalue weighted by Gasteiger charge is -2.38. The molecule has 0 unspecified atom stereocenters. The molecule has 5 nitrogen and oxygen atoms in total. The molecule has 0 aliphatic carbocycles. The minimum atomic E-state index is -0.236. The van der Waals surface area contributed by atoms with Gasteiger partial charge in [-0.3, -0.25) is 4.99 Å². The van der Waals surface area contributed by atoms with Gasteiger partial charge in [0, 0.05) is 50.3 Å². The second-order valence-electron chi connectivity index (χ2n) is 7.14. The summed E-state index contributed by atoms with van der Waals surface area (Å²) in [6.45, 7) is 7.20. The quantitative estimate of drug-likeness (QED) is 0.329. The molecule has 1 saturated heterocycles. The van der Waals surface area contributed by atoms with Crippen molar-refractivity contribution in [3.63, 3.8) is 0 Å². The van der Waals surface area contributed by atoms with E-state index in [2.05, 4.69) is 69.7 Å². The molecule has 1 aromatic carbocycles. The molecule has 0 atom stereocenters. The first kappa shape index (κ1) is 23.7. The van der Waals surface area contributed by atoms with E-state index in [1.807, 2.05) is 0 Å². The minimum Gasteiger partial charge on any atom is -0.381 e. The first-order valence-electron chi connectivity index (χ1n) is 8.74. The monoisotopic (exact) mass is 539 g/mol.